The molecule has 8 nitrogen and oxygen atoms in total. The largest absolute Gasteiger partial charge is 0.394 e. The van der Waals surface area contributed by atoms with Crippen LogP contribution in [-0.2, 0) is 0 Å². The summed E-state index contributed by atoms with van der Waals surface area (Å²) < 4.78 is 1.66. The average Bonchev–Trinajstić information content (AvgIpc) is 3.25. The van der Waals surface area contributed by atoms with Crippen molar-refractivity contribution in [3.63, 3.8) is 0 Å². The molecule has 0 amide bonds. The Labute approximate surface area is 159 Å². The fraction of sp³-hybridized carbons (Fsp3) is 0.188. The summed E-state index contributed by atoms with van der Waals surface area (Å²) >= 11 is 12.6. The lowest BCUT2D eigenvalue weighted by Gasteiger charge is -2.18. The van der Waals surface area contributed by atoms with E-state index in [9.17, 15) is 5.11 Å². The van der Waals surface area contributed by atoms with Gasteiger partial charge in [-0.1, -0.05) is 29.3 Å². The van der Waals surface area contributed by atoms with Crippen molar-refractivity contribution in [2.45, 2.75) is 6.10 Å². The van der Waals surface area contributed by atoms with Gasteiger partial charge in [-0.25, -0.2) is 5.84 Å². The first-order valence-corrected chi connectivity index (χ1v) is 8.44. The van der Waals surface area contributed by atoms with Gasteiger partial charge in [0.05, 0.1) is 47.2 Å². The zero-order chi connectivity index (χ0) is 18.8. The highest BCUT2D eigenvalue weighted by atomic mass is 35.5. The normalized spacial score (nSPS) is 13.3. The Morgan fingerprint density at radius 2 is 2.19 bits per heavy atom. The number of nitrogens with one attached hydrogen (secondary N) is 1. The Kier molecular flexibility index (Phi) is 5.40. The summed E-state index contributed by atoms with van der Waals surface area (Å²) in [4.78, 5) is 0. The Hall–Kier alpha value is -2.23. The number of halogens is 2. The number of nitrogens with zero attached hydrogens (tertiary/aromatic N) is 3. The number of aromatic nitrogens is 3. The van der Waals surface area contributed by atoms with Crippen LogP contribution < -0.4 is 11.6 Å². The molecule has 0 fully saturated rings. The number of nitrogens with two attached hydrogens (primary N) is 2. The van der Waals surface area contributed by atoms with Crippen molar-refractivity contribution in [3.8, 4) is 11.1 Å². The van der Waals surface area contributed by atoms with Crippen molar-refractivity contribution in [2.24, 2.45) is 11.6 Å². The summed E-state index contributed by atoms with van der Waals surface area (Å²) in [6.45, 7) is -0.389. The second kappa shape index (κ2) is 7.56. The minimum Gasteiger partial charge on any atom is -0.394 e. The van der Waals surface area contributed by atoms with Crippen LogP contribution >= 0.6 is 23.2 Å². The lowest BCUT2D eigenvalue weighted by atomic mass is 10.1. The van der Waals surface area contributed by atoms with Gasteiger partial charge in [0.15, 0.2) is 0 Å². The molecule has 0 bridgehead atoms. The summed E-state index contributed by atoms with van der Waals surface area (Å²) in [6.07, 6.45) is 5.71. The molecule has 1 unspecified atom stereocenters. The van der Waals surface area contributed by atoms with E-state index < -0.39 is 12.7 Å². The van der Waals surface area contributed by atoms with Crippen LogP contribution in [0.5, 0.6) is 0 Å². The van der Waals surface area contributed by atoms with Gasteiger partial charge in [0.2, 0.25) is 0 Å². The van der Waals surface area contributed by atoms with Crippen LogP contribution in [0.3, 0.4) is 0 Å². The van der Waals surface area contributed by atoms with Crippen LogP contribution in [0.1, 0.15) is 0 Å². The third kappa shape index (κ3) is 3.50. The van der Waals surface area contributed by atoms with E-state index in [1.807, 2.05) is 6.07 Å². The predicted octanol–water partition coefficient (Wildman–Crippen LogP) is 1.58. The number of aliphatic hydroxyl groups is 2. The number of fused-ring (bicyclic) bond motifs is 1. The second-order valence-corrected chi connectivity index (χ2v) is 6.53. The Morgan fingerprint density at radius 3 is 2.85 bits per heavy atom. The van der Waals surface area contributed by atoms with Crippen LogP contribution in [-0.4, -0.2) is 49.2 Å². The van der Waals surface area contributed by atoms with E-state index in [-0.39, 0.29) is 12.4 Å². The number of hydrogen-bond acceptors (Lipinski definition) is 6. The van der Waals surface area contributed by atoms with E-state index in [2.05, 4.69) is 10.2 Å². The number of H-pyrrole nitrogens is 1. The molecule has 10 heteroatoms. The van der Waals surface area contributed by atoms with Crippen molar-refractivity contribution >= 4 is 39.9 Å². The van der Waals surface area contributed by atoms with E-state index in [4.69, 9.17) is 39.9 Å². The topological polar surface area (TPSA) is 129 Å². The summed E-state index contributed by atoms with van der Waals surface area (Å²) in [5.41, 5.74) is 8.55. The van der Waals surface area contributed by atoms with Gasteiger partial charge in [0.25, 0.3) is 0 Å². The first-order chi connectivity index (χ1) is 12.4. The van der Waals surface area contributed by atoms with Crippen LogP contribution in [0, 0.1) is 0 Å². The molecule has 26 heavy (non-hydrogen) atoms. The second-order valence-electron chi connectivity index (χ2n) is 5.74. The summed E-state index contributed by atoms with van der Waals surface area (Å²) in [7, 11) is 0. The van der Waals surface area contributed by atoms with Gasteiger partial charge in [-0.2, -0.15) is 5.10 Å². The molecule has 1 atom stereocenters. The quantitative estimate of drug-likeness (QED) is 0.317. The number of aliphatic hydroxyl groups excluding tert-OH is 2. The molecule has 3 aromatic rings. The fourth-order valence-electron chi connectivity index (χ4n) is 2.67. The Morgan fingerprint density at radius 1 is 1.42 bits per heavy atom. The van der Waals surface area contributed by atoms with Crippen molar-refractivity contribution in [3.05, 3.63) is 47.0 Å². The molecule has 3 rings (SSSR count). The van der Waals surface area contributed by atoms with E-state index in [1.165, 1.54) is 11.2 Å². The minimum atomic E-state index is -0.981. The number of benzene rings is 1. The molecule has 7 N–H and O–H groups in total. The number of rotatable bonds is 6. The van der Waals surface area contributed by atoms with Crippen LogP contribution in [0.2, 0.25) is 10.0 Å². The minimum absolute atomic E-state index is 0.0134. The van der Waals surface area contributed by atoms with Gasteiger partial charge in [-0.3, -0.25) is 9.67 Å². The number of hydrazine groups is 1. The third-order valence-electron chi connectivity index (χ3n) is 3.88. The lowest BCUT2D eigenvalue weighted by molar-refractivity contribution is 0.0718. The summed E-state index contributed by atoms with van der Waals surface area (Å²) in [5, 5.41) is 27.9. The van der Waals surface area contributed by atoms with E-state index >= 15 is 0 Å². The molecule has 0 radical (unpaired) electrons. The smallest absolute Gasteiger partial charge is 0.125 e. The van der Waals surface area contributed by atoms with Crippen molar-refractivity contribution in [1.29, 1.82) is 0 Å². The van der Waals surface area contributed by atoms with Gasteiger partial charge >= 0.3 is 0 Å². The predicted molar refractivity (Wildman–Crippen MR) is 102 cm³/mol. The van der Waals surface area contributed by atoms with E-state index in [1.54, 1.807) is 29.2 Å². The maximum Gasteiger partial charge on any atom is 0.125 e. The van der Waals surface area contributed by atoms with Crippen LogP contribution in [0.25, 0.3) is 27.9 Å². The highest BCUT2D eigenvalue weighted by molar-refractivity contribution is 6.45. The monoisotopic (exact) mass is 396 g/mol. The molecule has 0 spiro atoms. The van der Waals surface area contributed by atoms with Crippen molar-refractivity contribution in [2.75, 3.05) is 13.2 Å². The standard InChI is InChI=1S/C16H18Cl2N6O2/c17-13-2-1-11-12(9-3-21-22-4-9)6-24(16(11)15(13)18)14(19)7-23(20)5-10(26)8-25/h1-4,6-7,10,25-26H,5,8,19-20H2,(H,21,22)/b14-7+. The highest BCUT2D eigenvalue weighted by Crippen LogP contribution is 2.38. The summed E-state index contributed by atoms with van der Waals surface area (Å²) in [5.74, 6) is 6.09. The maximum absolute atomic E-state index is 9.50. The molecule has 0 aliphatic heterocycles. The van der Waals surface area contributed by atoms with Gasteiger partial charge < -0.3 is 21.0 Å². The van der Waals surface area contributed by atoms with Gasteiger partial charge in [0, 0.05) is 28.9 Å². The molecule has 0 saturated heterocycles. The molecule has 0 aliphatic carbocycles. The first kappa shape index (κ1) is 18.6. The van der Waals surface area contributed by atoms with Gasteiger partial charge in [-0.15, -0.1) is 0 Å². The Balaban J connectivity index is 2.12. The average molecular weight is 397 g/mol. The molecule has 138 valence electrons. The SMILES string of the molecule is N/C(=C\N(N)CC(O)CO)n1cc(-c2cn[nH]c2)c2ccc(Cl)c(Cl)c21. The first-order valence-electron chi connectivity index (χ1n) is 7.68. The van der Waals surface area contributed by atoms with Gasteiger partial charge in [-0.05, 0) is 6.07 Å². The maximum atomic E-state index is 9.50. The summed E-state index contributed by atoms with van der Waals surface area (Å²) in [6, 6.07) is 3.57. The van der Waals surface area contributed by atoms with E-state index in [0.717, 1.165) is 16.5 Å². The van der Waals surface area contributed by atoms with Crippen LogP contribution in [0.15, 0.2) is 36.9 Å². The molecular formula is C16H18Cl2N6O2. The molecule has 2 heterocycles. The fourth-order valence-corrected chi connectivity index (χ4v) is 3.08. The molecule has 1 aromatic carbocycles. The number of hydrogen-bond donors (Lipinski definition) is 5. The van der Waals surface area contributed by atoms with Crippen LogP contribution in [0.4, 0.5) is 0 Å². The molecule has 2 aromatic heterocycles. The number of aromatic amines is 1. The lowest BCUT2D eigenvalue weighted by Crippen LogP contribution is -2.36. The molecule has 0 saturated carbocycles. The highest BCUT2D eigenvalue weighted by Gasteiger charge is 2.17. The molecular weight excluding hydrogens is 379 g/mol. The van der Waals surface area contributed by atoms with Crippen molar-refractivity contribution in [1.82, 2.24) is 19.8 Å². The van der Waals surface area contributed by atoms with Gasteiger partial charge in [0.1, 0.15) is 5.82 Å². The van der Waals surface area contributed by atoms with E-state index in [0.29, 0.717) is 15.6 Å². The third-order valence-corrected chi connectivity index (χ3v) is 4.67. The Bertz CT molecular complexity index is 938. The molecule has 0 aliphatic rings. The zero-order valence-corrected chi connectivity index (χ0v) is 15.1. The van der Waals surface area contributed by atoms with Crippen molar-refractivity contribution < 1.29 is 10.2 Å². The zero-order valence-electron chi connectivity index (χ0n) is 13.6.